The minimum Gasteiger partial charge on any atom is -0.354 e. The number of sulfonamides is 1. The zero-order chi connectivity index (χ0) is 19.6. The number of benzene rings is 2. The predicted octanol–water partition coefficient (Wildman–Crippen LogP) is 4.57. The van der Waals surface area contributed by atoms with E-state index >= 15 is 0 Å². The smallest absolute Gasteiger partial charge is 0.263 e. The standard InChI is InChI=1S/C20H21BrN4O2S/c21-15-9-11-16(12-10-15)28(26,27)24-19-20(25-13-5-1-2-6-14-25)23-18-8-4-3-7-17(18)22-19/h3-4,7-12H,1-2,5-6,13-14H2,(H,22,24). The van der Waals surface area contributed by atoms with E-state index in [2.05, 4.69) is 30.5 Å². The lowest BCUT2D eigenvalue weighted by Crippen LogP contribution is -2.27. The van der Waals surface area contributed by atoms with E-state index in [0.717, 1.165) is 35.9 Å². The van der Waals surface area contributed by atoms with Gasteiger partial charge in [-0.25, -0.2) is 18.4 Å². The Morgan fingerprint density at radius 2 is 1.46 bits per heavy atom. The van der Waals surface area contributed by atoms with Crippen LogP contribution in [-0.4, -0.2) is 31.5 Å². The molecule has 0 spiro atoms. The molecule has 4 rings (SSSR count). The number of aromatic nitrogens is 2. The summed E-state index contributed by atoms with van der Waals surface area (Å²) in [7, 11) is -3.77. The Kier molecular flexibility index (Phi) is 5.50. The lowest BCUT2D eigenvalue weighted by atomic mass is 10.2. The van der Waals surface area contributed by atoms with Crippen molar-refractivity contribution in [2.45, 2.75) is 30.6 Å². The second kappa shape index (κ2) is 8.05. The van der Waals surface area contributed by atoms with E-state index < -0.39 is 10.0 Å². The number of halogens is 1. The van der Waals surface area contributed by atoms with Crippen molar-refractivity contribution in [1.29, 1.82) is 0 Å². The van der Waals surface area contributed by atoms with Crippen molar-refractivity contribution in [3.8, 4) is 0 Å². The van der Waals surface area contributed by atoms with Crippen molar-refractivity contribution in [2.24, 2.45) is 0 Å². The van der Waals surface area contributed by atoms with Gasteiger partial charge in [0, 0.05) is 17.6 Å². The van der Waals surface area contributed by atoms with E-state index in [0.29, 0.717) is 11.3 Å². The maximum Gasteiger partial charge on any atom is 0.263 e. The summed E-state index contributed by atoms with van der Waals surface area (Å²) in [4.78, 5) is 11.7. The van der Waals surface area contributed by atoms with Gasteiger partial charge in [-0.3, -0.25) is 4.72 Å². The van der Waals surface area contributed by atoms with Crippen LogP contribution in [0.4, 0.5) is 11.6 Å². The molecule has 0 bridgehead atoms. The van der Waals surface area contributed by atoms with Crippen LogP contribution in [0.5, 0.6) is 0 Å². The summed E-state index contributed by atoms with van der Waals surface area (Å²) >= 11 is 3.33. The highest BCUT2D eigenvalue weighted by Crippen LogP contribution is 2.29. The Hall–Kier alpha value is -2.19. The van der Waals surface area contributed by atoms with E-state index in [9.17, 15) is 8.42 Å². The minimum atomic E-state index is -3.77. The molecule has 8 heteroatoms. The van der Waals surface area contributed by atoms with Crippen LogP contribution in [-0.2, 0) is 10.0 Å². The number of rotatable bonds is 4. The molecular weight excluding hydrogens is 440 g/mol. The maximum atomic E-state index is 12.9. The van der Waals surface area contributed by atoms with E-state index in [1.165, 1.54) is 12.8 Å². The predicted molar refractivity (Wildman–Crippen MR) is 115 cm³/mol. The average molecular weight is 461 g/mol. The number of fused-ring (bicyclic) bond motifs is 1. The quantitative estimate of drug-likeness (QED) is 0.616. The van der Waals surface area contributed by atoms with Crippen LogP contribution in [0.2, 0.25) is 0 Å². The van der Waals surface area contributed by atoms with Crippen molar-refractivity contribution in [2.75, 3.05) is 22.7 Å². The third-order valence-corrected chi connectivity index (χ3v) is 6.70. The number of nitrogens with zero attached hydrogens (tertiary/aromatic N) is 3. The summed E-state index contributed by atoms with van der Waals surface area (Å²) in [5.74, 6) is 0.879. The fourth-order valence-electron chi connectivity index (χ4n) is 3.36. The molecule has 1 aliphatic heterocycles. The molecule has 0 saturated carbocycles. The van der Waals surface area contributed by atoms with Gasteiger partial charge in [-0.05, 0) is 49.2 Å². The van der Waals surface area contributed by atoms with Crippen molar-refractivity contribution in [1.82, 2.24) is 9.97 Å². The first kappa shape index (κ1) is 19.1. The molecule has 1 saturated heterocycles. The molecule has 1 fully saturated rings. The third-order valence-electron chi connectivity index (χ3n) is 4.81. The van der Waals surface area contributed by atoms with Crippen LogP contribution >= 0.6 is 15.9 Å². The van der Waals surface area contributed by atoms with Gasteiger partial charge >= 0.3 is 0 Å². The Morgan fingerprint density at radius 1 is 0.857 bits per heavy atom. The fraction of sp³-hybridized carbons (Fsp3) is 0.300. The molecular formula is C20H21BrN4O2S. The topological polar surface area (TPSA) is 75.2 Å². The fourth-order valence-corrected chi connectivity index (χ4v) is 4.63. The van der Waals surface area contributed by atoms with Crippen LogP contribution in [0.3, 0.4) is 0 Å². The maximum absolute atomic E-state index is 12.9. The highest BCUT2D eigenvalue weighted by molar-refractivity contribution is 9.10. The number of anilines is 2. The summed E-state index contributed by atoms with van der Waals surface area (Å²) in [6, 6.07) is 14.1. The number of para-hydroxylation sites is 2. The Morgan fingerprint density at radius 3 is 2.11 bits per heavy atom. The Balaban J connectivity index is 1.77. The van der Waals surface area contributed by atoms with Gasteiger partial charge in [0.25, 0.3) is 10.0 Å². The summed E-state index contributed by atoms with van der Waals surface area (Å²) in [6.07, 6.45) is 4.48. The normalized spacial score (nSPS) is 15.4. The summed E-state index contributed by atoms with van der Waals surface area (Å²) in [6.45, 7) is 1.69. The molecule has 1 N–H and O–H groups in total. The lowest BCUT2D eigenvalue weighted by Gasteiger charge is -2.24. The molecule has 6 nitrogen and oxygen atoms in total. The number of hydrogen-bond donors (Lipinski definition) is 1. The third kappa shape index (κ3) is 4.12. The molecule has 0 radical (unpaired) electrons. The van der Waals surface area contributed by atoms with Crippen molar-refractivity contribution in [3.63, 3.8) is 0 Å². The zero-order valence-corrected chi connectivity index (χ0v) is 17.7. The summed E-state index contributed by atoms with van der Waals surface area (Å²) in [5, 5.41) is 0. The van der Waals surface area contributed by atoms with Crippen LogP contribution in [0.15, 0.2) is 57.9 Å². The van der Waals surface area contributed by atoms with Gasteiger partial charge in [0.05, 0.1) is 15.9 Å². The second-order valence-electron chi connectivity index (χ2n) is 6.85. The molecule has 0 unspecified atom stereocenters. The first-order valence-corrected chi connectivity index (χ1v) is 11.6. The van der Waals surface area contributed by atoms with E-state index in [-0.39, 0.29) is 10.7 Å². The molecule has 0 atom stereocenters. The van der Waals surface area contributed by atoms with Crippen LogP contribution in [0.25, 0.3) is 11.0 Å². The highest BCUT2D eigenvalue weighted by Gasteiger charge is 2.22. The van der Waals surface area contributed by atoms with Crippen molar-refractivity contribution in [3.05, 3.63) is 53.0 Å². The van der Waals surface area contributed by atoms with Crippen LogP contribution < -0.4 is 9.62 Å². The monoisotopic (exact) mass is 460 g/mol. The number of hydrogen-bond acceptors (Lipinski definition) is 5. The van der Waals surface area contributed by atoms with E-state index in [1.54, 1.807) is 24.3 Å². The molecule has 2 aromatic carbocycles. The molecule has 28 heavy (non-hydrogen) atoms. The van der Waals surface area contributed by atoms with Gasteiger partial charge in [-0.2, -0.15) is 0 Å². The molecule has 0 aliphatic carbocycles. The minimum absolute atomic E-state index is 0.187. The Labute approximate surface area is 173 Å². The van der Waals surface area contributed by atoms with Crippen LogP contribution in [0, 0.1) is 0 Å². The first-order chi connectivity index (χ1) is 13.5. The first-order valence-electron chi connectivity index (χ1n) is 9.33. The molecule has 146 valence electrons. The van der Waals surface area contributed by atoms with Gasteiger partial charge < -0.3 is 4.90 Å². The summed E-state index contributed by atoms with van der Waals surface area (Å²) < 4.78 is 29.4. The Bertz CT molecular complexity index is 1080. The largest absolute Gasteiger partial charge is 0.354 e. The zero-order valence-electron chi connectivity index (χ0n) is 15.3. The van der Waals surface area contributed by atoms with Gasteiger partial charge in [-0.1, -0.05) is 40.9 Å². The molecule has 0 amide bonds. The average Bonchev–Trinajstić information content (AvgIpc) is 2.97. The lowest BCUT2D eigenvalue weighted by molar-refractivity contribution is 0.601. The molecule has 3 aromatic rings. The summed E-state index contributed by atoms with van der Waals surface area (Å²) in [5.41, 5.74) is 1.42. The van der Waals surface area contributed by atoms with Crippen molar-refractivity contribution >= 4 is 48.6 Å². The van der Waals surface area contributed by atoms with Crippen LogP contribution in [0.1, 0.15) is 25.7 Å². The van der Waals surface area contributed by atoms with E-state index in [1.807, 2.05) is 24.3 Å². The van der Waals surface area contributed by atoms with Crippen molar-refractivity contribution < 1.29 is 8.42 Å². The highest BCUT2D eigenvalue weighted by atomic mass is 79.9. The molecule has 1 aliphatic rings. The second-order valence-corrected chi connectivity index (χ2v) is 9.44. The van der Waals surface area contributed by atoms with Gasteiger partial charge in [0.1, 0.15) is 0 Å². The number of nitrogens with one attached hydrogen (secondary N) is 1. The van der Waals surface area contributed by atoms with Gasteiger partial charge in [0.2, 0.25) is 0 Å². The van der Waals surface area contributed by atoms with Gasteiger partial charge in [0.15, 0.2) is 11.6 Å². The SMILES string of the molecule is O=S(=O)(Nc1nc2ccccc2nc1N1CCCCCC1)c1ccc(Br)cc1. The van der Waals surface area contributed by atoms with E-state index in [4.69, 9.17) is 4.98 Å². The molecule has 1 aromatic heterocycles. The van der Waals surface area contributed by atoms with Gasteiger partial charge in [-0.15, -0.1) is 0 Å². The molecule has 2 heterocycles.